The number of aromatic nitrogens is 2. The van der Waals surface area contributed by atoms with Crippen molar-refractivity contribution in [2.45, 2.75) is 19.0 Å². The highest BCUT2D eigenvalue weighted by molar-refractivity contribution is 6.07. The van der Waals surface area contributed by atoms with Crippen molar-refractivity contribution in [2.24, 2.45) is 0 Å². The number of carbonyl (C=O) groups is 1. The van der Waals surface area contributed by atoms with E-state index in [9.17, 15) is 18.0 Å². The van der Waals surface area contributed by atoms with E-state index in [4.69, 9.17) is 4.74 Å². The summed E-state index contributed by atoms with van der Waals surface area (Å²) in [5.74, 6) is -1.05. The van der Waals surface area contributed by atoms with Gasteiger partial charge in [-0.3, -0.25) is 4.79 Å². The van der Waals surface area contributed by atoms with Gasteiger partial charge in [0.05, 0.1) is 7.11 Å². The summed E-state index contributed by atoms with van der Waals surface area (Å²) < 4.78 is 47.3. The molecule has 0 saturated heterocycles. The molecule has 1 aromatic heterocycles. The lowest BCUT2D eigenvalue weighted by atomic mass is 10.00. The van der Waals surface area contributed by atoms with Gasteiger partial charge in [-0.2, -0.15) is 18.2 Å². The predicted molar refractivity (Wildman–Crippen MR) is 97.7 cm³/mol. The first-order valence-corrected chi connectivity index (χ1v) is 8.87. The van der Waals surface area contributed by atoms with Gasteiger partial charge < -0.3 is 14.2 Å². The number of rotatable bonds is 3. The maximum Gasteiger partial charge on any atom is 0.471 e. The lowest BCUT2D eigenvalue weighted by Crippen LogP contribution is -2.35. The Morgan fingerprint density at radius 1 is 1.17 bits per heavy atom. The fourth-order valence-electron chi connectivity index (χ4n) is 3.29. The standard InChI is InChI=1S/C20H16F3N3O3/c1-28-15-8-9-16-14(11-15)3-2-10-26(16)18(27)13-6-4-12(5-7-13)17-24-19(29-25-17)20(21,22)23/h4-9,11H,2-3,10H2,1H3. The molecule has 0 bridgehead atoms. The van der Waals surface area contributed by atoms with E-state index in [-0.39, 0.29) is 11.7 Å². The average Bonchev–Trinajstić information content (AvgIpc) is 3.23. The molecule has 0 radical (unpaired) electrons. The molecule has 0 atom stereocenters. The molecule has 0 N–H and O–H groups in total. The Bertz CT molecular complexity index is 1050. The first-order chi connectivity index (χ1) is 13.9. The number of methoxy groups -OCH3 is 1. The highest BCUT2D eigenvalue weighted by Crippen LogP contribution is 2.32. The smallest absolute Gasteiger partial charge is 0.471 e. The van der Waals surface area contributed by atoms with E-state index in [2.05, 4.69) is 14.7 Å². The summed E-state index contributed by atoms with van der Waals surface area (Å²) in [5, 5.41) is 3.35. The van der Waals surface area contributed by atoms with E-state index in [1.54, 1.807) is 24.1 Å². The van der Waals surface area contributed by atoms with Crippen LogP contribution < -0.4 is 9.64 Å². The minimum absolute atomic E-state index is 0.188. The maximum absolute atomic E-state index is 13.0. The summed E-state index contributed by atoms with van der Waals surface area (Å²) in [4.78, 5) is 18.0. The molecular weight excluding hydrogens is 387 g/mol. The molecule has 1 amide bonds. The third-order valence-electron chi connectivity index (χ3n) is 4.71. The fourth-order valence-corrected chi connectivity index (χ4v) is 3.29. The van der Waals surface area contributed by atoms with E-state index in [1.807, 2.05) is 18.2 Å². The van der Waals surface area contributed by atoms with Crippen LogP contribution in [0.3, 0.4) is 0 Å². The van der Waals surface area contributed by atoms with Crippen molar-refractivity contribution in [3.8, 4) is 17.1 Å². The van der Waals surface area contributed by atoms with Gasteiger partial charge in [-0.05, 0) is 48.7 Å². The van der Waals surface area contributed by atoms with Gasteiger partial charge in [0.1, 0.15) is 5.75 Å². The van der Waals surface area contributed by atoms with Crippen LogP contribution in [-0.4, -0.2) is 29.7 Å². The molecule has 0 saturated carbocycles. The minimum atomic E-state index is -4.70. The molecule has 0 fully saturated rings. The highest BCUT2D eigenvalue weighted by atomic mass is 19.4. The second kappa shape index (κ2) is 7.23. The number of amides is 1. The van der Waals surface area contributed by atoms with Gasteiger partial charge >= 0.3 is 12.1 Å². The van der Waals surface area contributed by atoms with Crippen molar-refractivity contribution in [1.82, 2.24) is 10.1 Å². The molecule has 1 aliphatic heterocycles. The van der Waals surface area contributed by atoms with E-state index < -0.39 is 12.1 Å². The molecule has 9 heteroatoms. The van der Waals surface area contributed by atoms with Crippen molar-refractivity contribution in [3.05, 3.63) is 59.5 Å². The van der Waals surface area contributed by atoms with Crippen molar-refractivity contribution in [2.75, 3.05) is 18.6 Å². The van der Waals surface area contributed by atoms with Gasteiger partial charge in [0, 0.05) is 23.4 Å². The molecule has 0 aliphatic carbocycles. The Morgan fingerprint density at radius 3 is 2.59 bits per heavy atom. The summed E-state index contributed by atoms with van der Waals surface area (Å²) in [6, 6.07) is 11.7. The van der Waals surface area contributed by atoms with Gasteiger partial charge in [-0.25, -0.2) is 0 Å². The quantitative estimate of drug-likeness (QED) is 0.650. The molecule has 0 spiro atoms. The molecule has 1 aliphatic rings. The Morgan fingerprint density at radius 2 is 1.93 bits per heavy atom. The molecule has 29 heavy (non-hydrogen) atoms. The zero-order chi connectivity index (χ0) is 20.6. The van der Waals surface area contributed by atoms with Crippen molar-refractivity contribution in [1.29, 1.82) is 0 Å². The number of anilines is 1. The molecule has 3 aromatic rings. The zero-order valence-electron chi connectivity index (χ0n) is 15.4. The highest BCUT2D eigenvalue weighted by Gasteiger charge is 2.38. The van der Waals surface area contributed by atoms with E-state index >= 15 is 0 Å². The third-order valence-corrected chi connectivity index (χ3v) is 4.71. The first-order valence-electron chi connectivity index (χ1n) is 8.87. The van der Waals surface area contributed by atoms with Crippen molar-refractivity contribution >= 4 is 11.6 Å². The Labute approximate surface area is 163 Å². The number of nitrogens with zero attached hydrogens (tertiary/aromatic N) is 3. The minimum Gasteiger partial charge on any atom is -0.497 e. The number of alkyl halides is 3. The molecule has 0 unspecified atom stereocenters. The second-order valence-corrected chi connectivity index (χ2v) is 6.55. The number of aryl methyl sites for hydroxylation is 1. The Kier molecular flexibility index (Phi) is 4.73. The second-order valence-electron chi connectivity index (χ2n) is 6.55. The summed E-state index contributed by atoms with van der Waals surface area (Å²) >= 11 is 0. The van der Waals surface area contributed by atoms with Crippen LogP contribution in [0.4, 0.5) is 18.9 Å². The molecule has 150 valence electrons. The summed E-state index contributed by atoms with van der Waals surface area (Å²) in [6.07, 6.45) is -3.02. The number of halogens is 3. The number of fused-ring (bicyclic) bond motifs is 1. The predicted octanol–water partition coefficient (Wildman–Crippen LogP) is 4.36. The van der Waals surface area contributed by atoms with Crippen LogP contribution >= 0.6 is 0 Å². The van der Waals surface area contributed by atoms with Crippen LogP contribution in [-0.2, 0) is 12.6 Å². The SMILES string of the molecule is COc1ccc2c(c1)CCCN2C(=O)c1ccc(-c2noc(C(F)(F)F)n2)cc1. The van der Waals surface area contributed by atoms with Gasteiger partial charge in [0.15, 0.2) is 0 Å². The third kappa shape index (κ3) is 3.67. The molecule has 2 aromatic carbocycles. The van der Waals surface area contributed by atoms with Crippen LogP contribution in [0.25, 0.3) is 11.4 Å². The van der Waals surface area contributed by atoms with Gasteiger partial charge in [0.25, 0.3) is 5.91 Å². The maximum atomic E-state index is 13.0. The summed E-state index contributed by atoms with van der Waals surface area (Å²) in [6.45, 7) is 0.583. The lowest BCUT2D eigenvalue weighted by Gasteiger charge is -2.30. The van der Waals surface area contributed by atoms with Crippen LogP contribution in [0.1, 0.15) is 28.2 Å². The average molecular weight is 403 g/mol. The molecular formula is C20H16F3N3O3. The Hall–Kier alpha value is -3.36. The van der Waals surface area contributed by atoms with Crippen molar-refractivity contribution in [3.63, 3.8) is 0 Å². The topological polar surface area (TPSA) is 68.5 Å². The number of hydrogen-bond donors (Lipinski definition) is 0. The number of ether oxygens (including phenoxy) is 1. The van der Waals surface area contributed by atoms with Gasteiger partial charge in [0.2, 0.25) is 5.82 Å². The summed E-state index contributed by atoms with van der Waals surface area (Å²) in [7, 11) is 1.59. The van der Waals surface area contributed by atoms with E-state index in [0.29, 0.717) is 17.7 Å². The largest absolute Gasteiger partial charge is 0.497 e. The van der Waals surface area contributed by atoms with Gasteiger partial charge in [-0.15, -0.1) is 0 Å². The molecule has 2 heterocycles. The molecule has 4 rings (SSSR count). The normalized spacial score (nSPS) is 13.9. The monoisotopic (exact) mass is 403 g/mol. The van der Waals surface area contributed by atoms with Crippen LogP contribution in [0.2, 0.25) is 0 Å². The van der Waals surface area contributed by atoms with Gasteiger partial charge in [-0.1, -0.05) is 17.3 Å². The Balaban J connectivity index is 1.57. The van der Waals surface area contributed by atoms with E-state index in [0.717, 1.165) is 29.8 Å². The van der Waals surface area contributed by atoms with Crippen LogP contribution in [0, 0.1) is 0 Å². The van der Waals surface area contributed by atoms with Crippen molar-refractivity contribution < 1.29 is 27.2 Å². The number of hydrogen-bond acceptors (Lipinski definition) is 5. The fraction of sp³-hybridized carbons (Fsp3) is 0.250. The summed E-state index contributed by atoms with van der Waals surface area (Å²) in [5.41, 5.74) is 2.60. The number of carbonyl (C=O) groups excluding carboxylic acids is 1. The van der Waals surface area contributed by atoms with E-state index in [1.165, 1.54) is 12.1 Å². The van der Waals surface area contributed by atoms with Crippen LogP contribution in [0.15, 0.2) is 47.0 Å². The lowest BCUT2D eigenvalue weighted by molar-refractivity contribution is -0.159. The number of benzene rings is 2. The van der Waals surface area contributed by atoms with Crippen LogP contribution in [0.5, 0.6) is 5.75 Å². The molecule has 6 nitrogen and oxygen atoms in total. The first kappa shape index (κ1) is 19.0. The zero-order valence-corrected chi connectivity index (χ0v) is 15.4.